The Balaban J connectivity index is 1.97. The molecule has 0 aliphatic carbocycles. The molecule has 0 amide bonds. The third kappa shape index (κ3) is 2.54. The lowest BCUT2D eigenvalue weighted by Crippen LogP contribution is -1.98. The van der Waals surface area contributed by atoms with E-state index in [1.165, 1.54) is 12.6 Å². The van der Waals surface area contributed by atoms with Crippen LogP contribution in [0, 0.1) is 6.92 Å². The lowest BCUT2D eigenvalue weighted by molar-refractivity contribution is 0.104. The molecule has 0 aliphatic rings. The summed E-state index contributed by atoms with van der Waals surface area (Å²) in [7, 11) is 0. The Bertz CT molecular complexity index is 832. The molecule has 2 aromatic heterocycles. The fourth-order valence-corrected chi connectivity index (χ4v) is 2.14. The first-order chi connectivity index (χ1) is 10.7. The molecular weight excluding hydrogens is 282 g/mol. The number of nitrogens with one attached hydrogen (secondary N) is 1. The lowest BCUT2D eigenvalue weighted by Gasteiger charge is -2.04. The molecule has 0 saturated heterocycles. The SMILES string of the molecule is Cc1ccccc1-c1occc1C(=O)C=C(O)c1nc[nH]n1. The van der Waals surface area contributed by atoms with Crippen LogP contribution in [0.3, 0.4) is 0 Å². The average molecular weight is 295 g/mol. The van der Waals surface area contributed by atoms with E-state index in [1.807, 2.05) is 31.2 Å². The summed E-state index contributed by atoms with van der Waals surface area (Å²) in [6, 6.07) is 9.18. The molecule has 1 aromatic carbocycles. The highest BCUT2D eigenvalue weighted by atomic mass is 16.3. The first-order valence-electron chi connectivity index (χ1n) is 6.61. The van der Waals surface area contributed by atoms with Gasteiger partial charge in [-0.1, -0.05) is 24.3 Å². The number of benzene rings is 1. The summed E-state index contributed by atoms with van der Waals surface area (Å²) in [6.07, 6.45) is 3.85. The molecular formula is C16H13N3O3. The minimum absolute atomic E-state index is 0.0642. The van der Waals surface area contributed by atoms with Crippen molar-refractivity contribution in [2.24, 2.45) is 0 Å². The summed E-state index contributed by atoms with van der Waals surface area (Å²) in [4.78, 5) is 16.1. The summed E-state index contributed by atoms with van der Waals surface area (Å²) in [5, 5.41) is 16.0. The Morgan fingerprint density at radius 3 is 2.86 bits per heavy atom. The molecule has 0 saturated carbocycles. The standard InChI is InChI=1S/C16H13N3O3/c1-10-4-2-3-5-11(10)15-12(6-7-22-15)13(20)8-14(21)16-17-9-18-19-16/h2-9,21H,1H3,(H,17,18,19). The zero-order chi connectivity index (χ0) is 15.5. The number of allylic oxidation sites excluding steroid dienone is 1. The van der Waals surface area contributed by atoms with Gasteiger partial charge in [-0.2, -0.15) is 5.10 Å². The van der Waals surface area contributed by atoms with E-state index in [1.54, 1.807) is 6.07 Å². The molecule has 3 rings (SSSR count). The van der Waals surface area contributed by atoms with Gasteiger partial charge in [-0.15, -0.1) is 0 Å². The topological polar surface area (TPSA) is 92.0 Å². The fraction of sp³-hybridized carbons (Fsp3) is 0.0625. The van der Waals surface area contributed by atoms with Crippen molar-refractivity contribution in [1.82, 2.24) is 15.2 Å². The largest absolute Gasteiger partial charge is 0.504 e. The van der Waals surface area contributed by atoms with E-state index in [4.69, 9.17) is 4.42 Å². The van der Waals surface area contributed by atoms with Gasteiger partial charge in [-0.25, -0.2) is 4.98 Å². The van der Waals surface area contributed by atoms with Crippen LogP contribution in [0.5, 0.6) is 0 Å². The van der Waals surface area contributed by atoms with Gasteiger partial charge in [0.1, 0.15) is 12.1 Å². The Kier molecular flexibility index (Phi) is 3.57. The van der Waals surface area contributed by atoms with Crippen molar-refractivity contribution in [3.05, 3.63) is 65.9 Å². The number of H-pyrrole nitrogens is 1. The molecule has 2 heterocycles. The Morgan fingerprint density at radius 1 is 1.32 bits per heavy atom. The van der Waals surface area contributed by atoms with Crippen LogP contribution in [0.1, 0.15) is 21.7 Å². The summed E-state index contributed by atoms with van der Waals surface area (Å²) >= 11 is 0. The number of carbonyl (C=O) groups is 1. The number of carbonyl (C=O) groups excluding carboxylic acids is 1. The van der Waals surface area contributed by atoms with Gasteiger partial charge in [0.25, 0.3) is 0 Å². The van der Waals surface area contributed by atoms with Gasteiger partial charge in [0.2, 0.25) is 5.82 Å². The van der Waals surface area contributed by atoms with Crippen LogP contribution in [0.15, 0.2) is 53.4 Å². The second-order valence-corrected chi connectivity index (χ2v) is 4.69. The normalized spacial score (nSPS) is 11.6. The second-order valence-electron chi connectivity index (χ2n) is 4.69. The van der Waals surface area contributed by atoms with Crippen molar-refractivity contribution in [3.8, 4) is 11.3 Å². The molecule has 0 spiro atoms. The average Bonchev–Trinajstić information content (AvgIpc) is 3.19. The van der Waals surface area contributed by atoms with Gasteiger partial charge in [0.15, 0.2) is 11.5 Å². The van der Waals surface area contributed by atoms with Gasteiger partial charge in [-0.3, -0.25) is 9.89 Å². The highest BCUT2D eigenvalue weighted by molar-refractivity contribution is 6.10. The molecule has 0 bridgehead atoms. The summed E-state index contributed by atoms with van der Waals surface area (Å²) in [5.74, 6) is -0.145. The first kappa shape index (κ1) is 13.8. The maximum atomic E-state index is 12.4. The molecule has 0 fully saturated rings. The van der Waals surface area contributed by atoms with Crippen LogP contribution in [-0.4, -0.2) is 26.1 Å². The number of aryl methyl sites for hydroxylation is 1. The van der Waals surface area contributed by atoms with Gasteiger partial charge in [0.05, 0.1) is 11.8 Å². The summed E-state index contributed by atoms with van der Waals surface area (Å²) < 4.78 is 5.46. The van der Waals surface area contributed by atoms with E-state index in [-0.39, 0.29) is 17.4 Å². The number of rotatable bonds is 4. The maximum Gasteiger partial charge on any atom is 0.215 e. The highest BCUT2D eigenvalue weighted by Crippen LogP contribution is 2.28. The Morgan fingerprint density at radius 2 is 2.14 bits per heavy atom. The number of furan rings is 1. The lowest BCUT2D eigenvalue weighted by atomic mass is 10.0. The predicted molar refractivity (Wildman–Crippen MR) is 80.2 cm³/mol. The van der Waals surface area contributed by atoms with Crippen molar-refractivity contribution in [2.75, 3.05) is 0 Å². The van der Waals surface area contributed by atoms with E-state index in [9.17, 15) is 9.90 Å². The number of hydrogen-bond acceptors (Lipinski definition) is 5. The van der Waals surface area contributed by atoms with Crippen molar-refractivity contribution < 1.29 is 14.3 Å². The van der Waals surface area contributed by atoms with Gasteiger partial charge in [0, 0.05) is 11.6 Å². The number of aromatic nitrogens is 3. The smallest absolute Gasteiger partial charge is 0.215 e. The highest BCUT2D eigenvalue weighted by Gasteiger charge is 2.17. The van der Waals surface area contributed by atoms with Crippen LogP contribution in [0.4, 0.5) is 0 Å². The van der Waals surface area contributed by atoms with E-state index in [0.717, 1.165) is 17.2 Å². The monoisotopic (exact) mass is 295 g/mol. The molecule has 2 N–H and O–H groups in total. The van der Waals surface area contributed by atoms with E-state index in [0.29, 0.717) is 11.3 Å². The molecule has 3 aromatic rings. The molecule has 0 radical (unpaired) electrons. The molecule has 22 heavy (non-hydrogen) atoms. The van der Waals surface area contributed by atoms with Crippen LogP contribution in [0.2, 0.25) is 0 Å². The van der Waals surface area contributed by atoms with Crippen LogP contribution >= 0.6 is 0 Å². The van der Waals surface area contributed by atoms with E-state index >= 15 is 0 Å². The van der Waals surface area contributed by atoms with Gasteiger partial charge in [-0.05, 0) is 18.6 Å². The molecule has 6 heteroatoms. The quantitative estimate of drug-likeness (QED) is 0.438. The number of ketones is 1. The zero-order valence-corrected chi connectivity index (χ0v) is 11.8. The molecule has 0 aliphatic heterocycles. The number of aliphatic hydroxyl groups is 1. The summed E-state index contributed by atoms with van der Waals surface area (Å²) in [5.41, 5.74) is 2.20. The molecule has 6 nitrogen and oxygen atoms in total. The maximum absolute atomic E-state index is 12.4. The molecule has 0 unspecified atom stereocenters. The van der Waals surface area contributed by atoms with Crippen molar-refractivity contribution in [3.63, 3.8) is 0 Å². The Labute approximate surface area is 126 Å². The third-order valence-electron chi connectivity index (χ3n) is 3.23. The second kappa shape index (κ2) is 5.69. The fourth-order valence-electron chi connectivity index (χ4n) is 2.14. The number of nitrogens with zero attached hydrogens (tertiary/aromatic N) is 2. The minimum atomic E-state index is -0.380. The van der Waals surface area contributed by atoms with Gasteiger partial charge < -0.3 is 9.52 Å². The number of hydrogen-bond donors (Lipinski definition) is 2. The van der Waals surface area contributed by atoms with Crippen molar-refractivity contribution in [2.45, 2.75) is 6.92 Å². The number of aliphatic hydroxyl groups excluding tert-OH is 1. The molecule has 110 valence electrons. The van der Waals surface area contributed by atoms with Crippen LogP contribution in [-0.2, 0) is 0 Å². The molecule has 0 atom stereocenters. The number of aromatic amines is 1. The van der Waals surface area contributed by atoms with Crippen molar-refractivity contribution in [1.29, 1.82) is 0 Å². The van der Waals surface area contributed by atoms with E-state index in [2.05, 4.69) is 15.2 Å². The van der Waals surface area contributed by atoms with Crippen LogP contribution < -0.4 is 0 Å². The zero-order valence-electron chi connectivity index (χ0n) is 11.8. The van der Waals surface area contributed by atoms with E-state index < -0.39 is 0 Å². The van der Waals surface area contributed by atoms with Gasteiger partial charge >= 0.3 is 0 Å². The minimum Gasteiger partial charge on any atom is -0.504 e. The Hall–Kier alpha value is -3.15. The predicted octanol–water partition coefficient (Wildman–Crippen LogP) is 3.15. The first-order valence-corrected chi connectivity index (χ1v) is 6.61. The van der Waals surface area contributed by atoms with Crippen molar-refractivity contribution >= 4 is 11.5 Å². The third-order valence-corrected chi connectivity index (χ3v) is 3.23. The summed E-state index contributed by atoms with van der Waals surface area (Å²) in [6.45, 7) is 1.94. The van der Waals surface area contributed by atoms with Crippen LogP contribution in [0.25, 0.3) is 17.1 Å².